The normalized spacial score (nSPS) is 13.6. The maximum absolute atomic E-state index is 13.3. The van der Waals surface area contributed by atoms with E-state index < -0.39 is 12.9 Å². The van der Waals surface area contributed by atoms with Crippen molar-refractivity contribution in [1.82, 2.24) is 40.7 Å². The summed E-state index contributed by atoms with van der Waals surface area (Å²) in [5, 5.41) is 22.0. The molecule has 1 atom stereocenters. The molecule has 0 spiro atoms. The van der Waals surface area contributed by atoms with Crippen molar-refractivity contribution in [2.75, 3.05) is 14.1 Å². The molecule has 11 heteroatoms. The molecule has 176 valence electrons. The molecule has 10 nitrogen and oxygen atoms in total. The van der Waals surface area contributed by atoms with Gasteiger partial charge in [-0.15, -0.1) is 10.2 Å². The molecule has 0 bridgehead atoms. The lowest BCUT2D eigenvalue weighted by Gasteiger charge is -2.10. The Bertz CT molecular complexity index is 1630. The Labute approximate surface area is 203 Å². The third kappa shape index (κ3) is 4.07. The zero-order valence-corrected chi connectivity index (χ0v) is 18.7. The number of hydrogen-bond donors (Lipinski definition) is 2. The zero-order chi connectivity index (χ0) is 27.0. The summed E-state index contributed by atoms with van der Waals surface area (Å²) in [4.78, 5) is 18.1. The highest BCUT2D eigenvalue weighted by Gasteiger charge is 2.19. The van der Waals surface area contributed by atoms with Crippen molar-refractivity contribution in [3.8, 4) is 28.4 Å². The van der Waals surface area contributed by atoms with E-state index in [4.69, 9.17) is 8.85 Å². The van der Waals surface area contributed by atoms with E-state index in [0.717, 1.165) is 11.1 Å². The molecule has 3 aromatic heterocycles. The number of fused-ring (bicyclic) bond motifs is 1. The highest BCUT2D eigenvalue weighted by atomic mass is 19.1. The number of amides is 1. The number of hydrogen-bond acceptors (Lipinski definition) is 7. The number of pyridine rings is 1. The molecule has 1 amide bonds. The number of aromatic amines is 1. The molecule has 2 N–H and O–H groups in total. The van der Waals surface area contributed by atoms with Crippen LogP contribution in [0.25, 0.3) is 33.4 Å². The molecular weight excluding hydrogens is 451 g/mol. The number of carbonyl (C=O) groups excluding carboxylic acids is 1. The van der Waals surface area contributed by atoms with E-state index >= 15 is 0 Å². The van der Waals surface area contributed by atoms with Crippen LogP contribution in [0, 0.1) is 5.82 Å². The lowest BCUT2D eigenvalue weighted by molar-refractivity contribution is 0.0959. The van der Waals surface area contributed by atoms with Crippen molar-refractivity contribution in [3.05, 3.63) is 71.8 Å². The summed E-state index contributed by atoms with van der Waals surface area (Å²) in [6, 6.07) is 12.8. The number of rotatable bonds is 6. The predicted octanol–water partition coefficient (Wildman–Crippen LogP) is 3.40. The van der Waals surface area contributed by atoms with E-state index in [0.29, 0.717) is 27.9 Å². The highest BCUT2D eigenvalue weighted by Crippen LogP contribution is 2.32. The second-order valence-electron chi connectivity index (χ2n) is 7.73. The average Bonchev–Trinajstić information content (AvgIpc) is 3.55. The van der Waals surface area contributed by atoms with Crippen LogP contribution >= 0.6 is 0 Å². The number of ether oxygens (including phenoxy) is 1. The van der Waals surface area contributed by atoms with Gasteiger partial charge >= 0.3 is 0 Å². The molecule has 3 heterocycles. The van der Waals surface area contributed by atoms with Crippen molar-refractivity contribution >= 4 is 16.8 Å². The van der Waals surface area contributed by atoms with Crippen molar-refractivity contribution in [2.24, 2.45) is 0 Å². The topological polar surface area (TPSA) is 124 Å². The van der Waals surface area contributed by atoms with Gasteiger partial charge in [0, 0.05) is 28.2 Å². The van der Waals surface area contributed by atoms with Gasteiger partial charge in [-0.25, -0.2) is 9.37 Å². The number of nitrogens with one attached hydrogen (secondary N) is 2. The van der Waals surface area contributed by atoms with Crippen molar-refractivity contribution < 1.29 is 18.0 Å². The second-order valence-corrected chi connectivity index (χ2v) is 7.73. The van der Waals surface area contributed by atoms with Gasteiger partial charge in [0.25, 0.3) is 5.91 Å². The van der Waals surface area contributed by atoms with E-state index in [9.17, 15) is 9.18 Å². The third-order valence-corrected chi connectivity index (χ3v) is 5.64. The summed E-state index contributed by atoms with van der Waals surface area (Å²) < 4.78 is 40.4. The Morgan fingerprint density at radius 2 is 2.03 bits per heavy atom. The van der Waals surface area contributed by atoms with Gasteiger partial charge in [0.1, 0.15) is 5.82 Å². The van der Waals surface area contributed by atoms with Crippen molar-refractivity contribution in [3.63, 3.8) is 0 Å². The molecule has 0 radical (unpaired) electrons. The minimum absolute atomic E-state index is 0.0210. The monoisotopic (exact) mass is 475 g/mol. The first-order valence-corrected chi connectivity index (χ1v) is 10.5. The fourth-order valence-electron chi connectivity index (χ4n) is 3.74. The molecular formula is C24H21FN8O2. The molecule has 5 rings (SSSR count). The Balaban J connectivity index is 1.47. The SMILES string of the molecule is [2H]C([2H])([2H])NC(=O)c1n[nH]c2cc(-c3cnc(OC)c(-c4nnn([C@H](C)c5ccc(F)cc5)n4)c3)ccc12. The molecule has 0 fully saturated rings. The maximum Gasteiger partial charge on any atom is 0.272 e. The van der Waals surface area contributed by atoms with Crippen LogP contribution in [-0.2, 0) is 0 Å². The fraction of sp³-hybridized carbons (Fsp3) is 0.167. The number of H-pyrrole nitrogens is 1. The second kappa shape index (κ2) is 8.93. The van der Waals surface area contributed by atoms with E-state index in [1.807, 2.05) is 12.2 Å². The minimum atomic E-state index is -2.62. The van der Waals surface area contributed by atoms with Crippen LogP contribution in [-0.4, -0.2) is 55.4 Å². The average molecular weight is 476 g/mol. The summed E-state index contributed by atoms with van der Waals surface area (Å²) in [7, 11) is 1.49. The van der Waals surface area contributed by atoms with Gasteiger partial charge in [-0.05, 0) is 53.6 Å². The molecule has 2 aromatic carbocycles. The summed E-state index contributed by atoms with van der Waals surface area (Å²) in [6.45, 7) is -0.753. The number of nitrogens with zero attached hydrogens (tertiary/aromatic N) is 6. The number of methoxy groups -OCH3 is 1. The van der Waals surface area contributed by atoms with Crippen molar-refractivity contribution in [2.45, 2.75) is 13.0 Å². The first kappa shape index (κ1) is 18.7. The molecule has 0 aliphatic carbocycles. The first-order chi connectivity index (χ1) is 18.1. The number of benzene rings is 2. The molecule has 0 aliphatic rings. The van der Waals surface area contributed by atoms with E-state index in [2.05, 4.69) is 30.6 Å². The van der Waals surface area contributed by atoms with Crippen LogP contribution in [0.2, 0.25) is 0 Å². The Morgan fingerprint density at radius 1 is 1.20 bits per heavy atom. The van der Waals surface area contributed by atoms with Crippen LogP contribution in [0.4, 0.5) is 4.39 Å². The maximum atomic E-state index is 13.3. The van der Waals surface area contributed by atoms with Crippen LogP contribution in [0.15, 0.2) is 54.7 Å². The van der Waals surface area contributed by atoms with E-state index in [-0.39, 0.29) is 23.4 Å². The lowest BCUT2D eigenvalue weighted by Crippen LogP contribution is -2.18. The fourth-order valence-corrected chi connectivity index (χ4v) is 3.74. The first-order valence-electron chi connectivity index (χ1n) is 12.0. The van der Waals surface area contributed by atoms with Crippen LogP contribution in [0.1, 0.15) is 33.1 Å². The van der Waals surface area contributed by atoms with Gasteiger partial charge in [-0.3, -0.25) is 9.89 Å². The van der Waals surface area contributed by atoms with Gasteiger partial charge in [0.2, 0.25) is 11.7 Å². The minimum Gasteiger partial charge on any atom is -0.480 e. The quantitative estimate of drug-likeness (QED) is 0.386. The highest BCUT2D eigenvalue weighted by molar-refractivity contribution is 6.05. The third-order valence-electron chi connectivity index (χ3n) is 5.64. The largest absolute Gasteiger partial charge is 0.480 e. The van der Waals surface area contributed by atoms with Gasteiger partial charge in [-0.1, -0.05) is 18.2 Å². The van der Waals surface area contributed by atoms with Gasteiger partial charge < -0.3 is 10.1 Å². The van der Waals surface area contributed by atoms with E-state index in [1.54, 1.807) is 42.6 Å². The smallest absolute Gasteiger partial charge is 0.272 e. The number of carbonyl (C=O) groups is 1. The molecule has 0 unspecified atom stereocenters. The van der Waals surface area contributed by atoms with Crippen molar-refractivity contribution in [1.29, 1.82) is 0 Å². The molecule has 35 heavy (non-hydrogen) atoms. The van der Waals surface area contributed by atoms with Crippen LogP contribution < -0.4 is 10.1 Å². The number of tetrazole rings is 1. The Morgan fingerprint density at radius 3 is 2.80 bits per heavy atom. The summed E-state index contributed by atoms with van der Waals surface area (Å²) >= 11 is 0. The van der Waals surface area contributed by atoms with Gasteiger partial charge in [0.05, 0.1) is 24.2 Å². The Hall–Kier alpha value is -4.67. The molecule has 0 aliphatic heterocycles. The predicted molar refractivity (Wildman–Crippen MR) is 126 cm³/mol. The number of aromatic nitrogens is 7. The summed E-state index contributed by atoms with van der Waals surface area (Å²) in [5.41, 5.74) is 3.28. The van der Waals surface area contributed by atoms with Gasteiger partial charge in [-0.2, -0.15) is 9.90 Å². The summed E-state index contributed by atoms with van der Waals surface area (Å²) in [5.74, 6) is -0.545. The summed E-state index contributed by atoms with van der Waals surface area (Å²) in [6.07, 6.45) is 1.62. The van der Waals surface area contributed by atoms with Crippen LogP contribution in [0.3, 0.4) is 0 Å². The van der Waals surface area contributed by atoms with Gasteiger partial charge in [0.15, 0.2) is 5.69 Å². The number of halogens is 1. The Kier molecular flexibility index (Phi) is 4.78. The zero-order valence-electron chi connectivity index (χ0n) is 21.7. The van der Waals surface area contributed by atoms with E-state index in [1.165, 1.54) is 24.0 Å². The van der Waals surface area contributed by atoms with Crippen LogP contribution in [0.5, 0.6) is 5.88 Å². The standard InChI is InChI=1S/C24H21FN8O2/c1-13(14-4-7-17(25)8-5-14)33-31-22(30-32-33)19-10-16(12-27-24(19)35-3)15-6-9-18-20(11-15)28-29-21(18)23(34)26-2/h4-13H,1-3H3,(H,26,34)(H,28,29)/t13-/m1/s1/i2D3. The molecule has 0 saturated heterocycles. The lowest BCUT2D eigenvalue weighted by atomic mass is 10.0. The molecule has 5 aromatic rings. The molecule has 0 saturated carbocycles.